The van der Waals surface area contributed by atoms with Gasteiger partial charge in [0.1, 0.15) is 5.75 Å². The van der Waals surface area contributed by atoms with Crippen LogP contribution in [0.4, 0.5) is 0 Å². The van der Waals surface area contributed by atoms with Crippen LogP contribution in [0.25, 0.3) is 33.0 Å². The van der Waals surface area contributed by atoms with Crippen LogP contribution < -0.4 is 5.32 Å². The third-order valence-corrected chi connectivity index (χ3v) is 5.55. The summed E-state index contributed by atoms with van der Waals surface area (Å²) in [6, 6.07) is 12.4. The van der Waals surface area contributed by atoms with Gasteiger partial charge in [0.2, 0.25) is 0 Å². The number of fused-ring (bicyclic) bond motifs is 2. The number of hydrogen-bond acceptors (Lipinski definition) is 5. The van der Waals surface area contributed by atoms with Crippen molar-refractivity contribution in [3.05, 3.63) is 66.0 Å². The van der Waals surface area contributed by atoms with Gasteiger partial charge in [0.15, 0.2) is 0 Å². The molecule has 5 rings (SSSR count). The average Bonchev–Trinajstić information content (AvgIpc) is 3.41. The summed E-state index contributed by atoms with van der Waals surface area (Å²) in [5, 5.41) is 33.4. The second kappa shape index (κ2) is 7.12. The summed E-state index contributed by atoms with van der Waals surface area (Å²) in [7, 11) is 0. The fourth-order valence-corrected chi connectivity index (χ4v) is 4.22. The average molecular weight is 417 g/mol. The molecule has 0 aliphatic carbocycles. The van der Waals surface area contributed by atoms with Crippen molar-refractivity contribution in [2.24, 2.45) is 0 Å². The van der Waals surface area contributed by atoms with E-state index in [-0.39, 0.29) is 23.4 Å². The Balaban J connectivity index is 1.81. The number of aliphatic hydroxyl groups excluding tert-OH is 2. The minimum atomic E-state index is -1.05. The molecule has 5 N–H and O–H groups in total. The van der Waals surface area contributed by atoms with E-state index >= 15 is 0 Å². The maximum absolute atomic E-state index is 12.9. The largest absolute Gasteiger partial charge is 0.506 e. The van der Waals surface area contributed by atoms with Gasteiger partial charge in [-0.2, -0.15) is 0 Å². The first-order valence-electron chi connectivity index (χ1n) is 9.76. The fourth-order valence-electron chi connectivity index (χ4n) is 4.22. The molecular weight excluding hydrogens is 398 g/mol. The van der Waals surface area contributed by atoms with Crippen LogP contribution in [-0.2, 0) is 16.1 Å². The molecule has 0 spiro atoms. The second-order valence-electron chi connectivity index (χ2n) is 7.49. The normalized spacial score (nSPS) is 15.3. The molecule has 2 aromatic heterocycles. The van der Waals surface area contributed by atoms with Crippen molar-refractivity contribution < 1.29 is 24.9 Å². The number of nitrogens with zero attached hydrogens (tertiary/aromatic N) is 1. The van der Waals surface area contributed by atoms with E-state index < -0.39 is 24.5 Å². The number of carbonyl (C=O) groups is 2. The number of carbonyl (C=O) groups excluding carboxylic acids is 2. The summed E-state index contributed by atoms with van der Waals surface area (Å²) >= 11 is 0. The van der Waals surface area contributed by atoms with E-state index in [4.69, 9.17) is 0 Å². The van der Waals surface area contributed by atoms with Crippen molar-refractivity contribution >= 4 is 44.8 Å². The monoisotopic (exact) mass is 417 g/mol. The van der Waals surface area contributed by atoms with Crippen LogP contribution in [0.1, 0.15) is 11.1 Å². The van der Waals surface area contributed by atoms with Crippen molar-refractivity contribution in [2.75, 3.05) is 6.61 Å². The van der Waals surface area contributed by atoms with Gasteiger partial charge in [0, 0.05) is 39.8 Å². The Labute approximate surface area is 176 Å². The number of hydrogen-bond donors (Lipinski definition) is 5. The minimum absolute atomic E-state index is 0.00976. The van der Waals surface area contributed by atoms with Crippen LogP contribution in [0.15, 0.2) is 54.9 Å². The number of H-pyrrole nitrogens is 1. The van der Waals surface area contributed by atoms with E-state index in [2.05, 4.69) is 10.3 Å². The molecule has 0 saturated heterocycles. The summed E-state index contributed by atoms with van der Waals surface area (Å²) in [6.45, 7) is -0.444. The van der Waals surface area contributed by atoms with E-state index in [1.165, 1.54) is 6.07 Å². The molecule has 0 bridgehead atoms. The summed E-state index contributed by atoms with van der Waals surface area (Å²) in [5.74, 6) is -1.07. The highest BCUT2D eigenvalue weighted by Gasteiger charge is 2.35. The van der Waals surface area contributed by atoms with Crippen LogP contribution in [0.3, 0.4) is 0 Å². The van der Waals surface area contributed by atoms with E-state index in [1.807, 2.05) is 24.3 Å². The molecule has 1 atom stereocenters. The third kappa shape index (κ3) is 2.92. The van der Waals surface area contributed by atoms with Gasteiger partial charge < -0.3 is 24.9 Å². The second-order valence-corrected chi connectivity index (χ2v) is 7.49. The topological polar surface area (TPSA) is 128 Å². The molecule has 8 nitrogen and oxygen atoms in total. The van der Waals surface area contributed by atoms with Gasteiger partial charge in [0.25, 0.3) is 11.8 Å². The Morgan fingerprint density at radius 3 is 2.42 bits per heavy atom. The SMILES string of the molecule is O=C1NC(=O)C(c2cn(CC(O)CO)c3c(O)cccc23)=C1c1c[nH]c2ccccc12. The van der Waals surface area contributed by atoms with Crippen molar-refractivity contribution in [1.82, 2.24) is 14.9 Å². The number of phenols is 1. The molecule has 1 unspecified atom stereocenters. The van der Waals surface area contributed by atoms with Crippen molar-refractivity contribution in [3.63, 3.8) is 0 Å². The van der Waals surface area contributed by atoms with Crippen LogP contribution in [-0.4, -0.2) is 49.4 Å². The molecular formula is C23H19N3O5. The number of amides is 2. The lowest BCUT2D eigenvalue weighted by Gasteiger charge is -2.10. The molecule has 1 aliphatic rings. The standard InChI is InChI=1S/C23H19N3O5/c27-11-12(28)9-26-10-16(14-5-3-7-18(29)21(14)26)20-19(22(30)25-23(20)31)15-8-24-17-6-2-1-4-13(15)17/h1-8,10,12,24,27-29H,9,11H2,(H,25,30,31). The smallest absolute Gasteiger partial charge is 0.259 e. The molecule has 1 aliphatic heterocycles. The molecule has 0 fully saturated rings. The van der Waals surface area contributed by atoms with Crippen molar-refractivity contribution in [3.8, 4) is 5.75 Å². The molecule has 0 saturated carbocycles. The zero-order chi connectivity index (χ0) is 21.7. The quantitative estimate of drug-likeness (QED) is 0.316. The Bertz CT molecular complexity index is 1400. The van der Waals surface area contributed by atoms with Gasteiger partial charge in [-0.1, -0.05) is 30.3 Å². The zero-order valence-corrected chi connectivity index (χ0v) is 16.3. The number of aromatic nitrogens is 2. The first-order chi connectivity index (χ1) is 15.0. The predicted molar refractivity (Wildman–Crippen MR) is 115 cm³/mol. The van der Waals surface area contributed by atoms with Gasteiger partial charge in [-0.05, 0) is 12.1 Å². The van der Waals surface area contributed by atoms with Crippen molar-refractivity contribution in [1.29, 1.82) is 0 Å². The molecule has 0 radical (unpaired) electrons. The van der Waals surface area contributed by atoms with Crippen molar-refractivity contribution in [2.45, 2.75) is 12.6 Å². The number of phenolic OH excluding ortho intramolecular Hbond substituents is 1. The number of benzene rings is 2. The fraction of sp³-hybridized carbons (Fsp3) is 0.130. The molecule has 2 amide bonds. The van der Waals surface area contributed by atoms with Gasteiger partial charge in [-0.3, -0.25) is 14.9 Å². The lowest BCUT2D eigenvalue weighted by atomic mass is 9.95. The first-order valence-corrected chi connectivity index (χ1v) is 9.76. The summed E-state index contributed by atoms with van der Waals surface area (Å²) < 4.78 is 1.58. The van der Waals surface area contributed by atoms with E-state index in [1.54, 1.807) is 29.1 Å². The molecule has 2 aromatic carbocycles. The van der Waals surface area contributed by atoms with Gasteiger partial charge in [-0.25, -0.2) is 0 Å². The lowest BCUT2D eigenvalue weighted by molar-refractivity contribution is -0.122. The van der Waals surface area contributed by atoms with E-state index in [9.17, 15) is 24.9 Å². The highest BCUT2D eigenvalue weighted by atomic mass is 16.3. The molecule has 156 valence electrons. The van der Waals surface area contributed by atoms with Gasteiger partial charge in [-0.15, -0.1) is 0 Å². The Kier molecular flexibility index (Phi) is 4.39. The lowest BCUT2D eigenvalue weighted by Crippen LogP contribution is -2.22. The zero-order valence-electron chi connectivity index (χ0n) is 16.3. The molecule has 31 heavy (non-hydrogen) atoms. The Morgan fingerprint density at radius 2 is 1.65 bits per heavy atom. The number of para-hydroxylation sites is 2. The summed E-state index contributed by atoms with van der Waals surface area (Å²) in [5.41, 5.74) is 2.74. The van der Waals surface area contributed by atoms with Gasteiger partial charge >= 0.3 is 0 Å². The van der Waals surface area contributed by atoms with Crippen LogP contribution in [0.2, 0.25) is 0 Å². The molecule has 3 heterocycles. The number of aliphatic hydroxyl groups is 2. The predicted octanol–water partition coefficient (Wildman–Crippen LogP) is 1.75. The van der Waals surface area contributed by atoms with E-state index in [0.29, 0.717) is 22.0 Å². The van der Waals surface area contributed by atoms with Crippen LogP contribution in [0, 0.1) is 0 Å². The van der Waals surface area contributed by atoms with Crippen LogP contribution in [0.5, 0.6) is 5.75 Å². The Morgan fingerprint density at radius 1 is 0.935 bits per heavy atom. The minimum Gasteiger partial charge on any atom is -0.506 e. The number of nitrogens with one attached hydrogen (secondary N) is 2. The third-order valence-electron chi connectivity index (χ3n) is 5.55. The highest BCUT2D eigenvalue weighted by molar-refractivity contribution is 6.50. The summed E-state index contributed by atoms with van der Waals surface area (Å²) in [6.07, 6.45) is 2.26. The van der Waals surface area contributed by atoms with Crippen LogP contribution >= 0.6 is 0 Å². The number of aromatic hydroxyl groups is 1. The molecule has 8 heteroatoms. The van der Waals surface area contributed by atoms with E-state index in [0.717, 1.165) is 10.9 Å². The summed E-state index contributed by atoms with van der Waals surface area (Å²) in [4.78, 5) is 28.8. The van der Waals surface area contributed by atoms with Gasteiger partial charge in [0.05, 0.1) is 35.9 Å². The Hall–Kier alpha value is -3.88. The maximum Gasteiger partial charge on any atom is 0.259 e. The number of rotatable bonds is 5. The number of aromatic amines is 1. The highest BCUT2D eigenvalue weighted by Crippen LogP contribution is 2.40. The maximum atomic E-state index is 12.9. The first kappa shape index (κ1) is 19.1. The molecule has 4 aromatic rings. The number of imide groups is 1.